The van der Waals surface area contributed by atoms with E-state index in [1.807, 2.05) is 31.2 Å². The molecule has 1 fully saturated rings. The first kappa shape index (κ1) is 14.4. The number of rotatable bonds is 3. The predicted molar refractivity (Wildman–Crippen MR) is 85.3 cm³/mol. The topological polar surface area (TPSA) is 34.1 Å². The summed E-state index contributed by atoms with van der Waals surface area (Å²) in [6.07, 6.45) is 4.00. The van der Waals surface area contributed by atoms with E-state index in [2.05, 4.69) is 16.4 Å². The molecular formula is C17H19ClN2O. The number of benzene rings is 1. The summed E-state index contributed by atoms with van der Waals surface area (Å²) in [6.45, 7) is 4.10. The Morgan fingerprint density at radius 1 is 1.24 bits per heavy atom. The lowest BCUT2D eigenvalue weighted by molar-refractivity contribution is 0.419. The van der Waals surface area contributed by atoms with E-state index in [0.717, 1.165) is 31.5 Å². The third kappa shape index (κ3) is 3.36. The van der Waals surface area contributed by atoms with Gasteiger partial charge >= 0.3 is 0 Å². The summed E-state index contributed by atoms with van der Waals surface area (Å²) in [4.78, 5) is 4.41. The van der Waals surface area contributed by atoms with Gasteiger partial charge in [-0.1, -0.05) is 23.7 Å². The average Bonchev–Trinajstić information content (AvgIpc) is 2.51. The van der Waals surface area contributed by atoms with Gasteiger partial charge in [-0.15, -0.1) is 0 Å². The highest BCUT2D eigenvalue weighted by atomic mass is 35.5. The second kappa shape index (κ2) is 6.46. The number of hydrogen-bond donors (Lipinski definition) is 1. The summed E-state index contributed by atoms with van der Waals surface area (Å²) >= 11 is 6.25. The molecule has 0 radical (unpaired) electrons. The zero-order valence-corrected chi connectivity index (χ0v) is 12.9. The van der Waals surface area contributed by atoms with Gasteiger partial charge in [-0.2, -0.15) is 0 Å². The second-order valence-corrected chi connectivity index (χ2v) is 5.87. The van der Waals surface area contributed by atoms with Gasteiger partial charge < -0.3 is 10.1 Å². The molecule has 0 amide bonds. The molecule has 0 spiro atoms. The van der Waals surface area contributed by atoms with Gasteiger partial charge in [-0.25, -0.2) is 4.98 Å². The van der Waals surface area contributed by atoms with Crippen LogP contribution in [0.2, 0.25) is 5.02 Å². The van der Waals surface area contributed by atoms with Crippen LogP contribution in [0.25, 0.3) is 0 Å². The lowest BCUT2D eigenvalue weighted by Crippen LogP contribution is -2.26. The average molecular weight is 303 g/mol. The van der Waals surface area contributed by atoms with Crippen molar-refractivity contribution in [2.24, 2.45) is 0 Å². The van der Waals surface area contributed by atoms with Crippen LogP contribution in [0, 0.1) is 6.92 Å². The standard InChI is InChI=1S/C17H19ClN2O/c1-12-4-5-16(15(18)11-12)21-17-14(3-2-8-20-17)13-6-9-19-10-7-13/h2-5,8,11,13,19H,6-7,9-10H2,1H3. The van der Waals surface area contributed by atoms with Gasteiger partial charge in [0, 0.05) is 11.8 Å². The number of hydrogen-bond acceptors (Lipinski definition) is 3. The molecule has 0 atom stereocenters. The molecule has 0 unspecified atom stereocenters. The maximum absolute atomic E-state index is 6.25. The van der Waals surface area contributed by atoms with E-state index < -0.39 is 0 Å². The van der Waals surface area contributed by atoms with Crippen molar-refractivity contribution in [2.45, 2.75) is 25.7 Å². The lowest BCUT2D eigenvalue weighted by atomic mass is 9.91. The first-order valence-corrected chi connectivity index (χ1v) is 7.71. The van der Waals surface area contributed by atoms with Crippen molar-refractivity contribution in [2.75, 3.05) is 13.1 Å². The molecule has 1 aromatic heterocycles. The van der Waals surface area contributed by atoms with Crippen molar-refractivity contribution in [3.63, 3.8) is 0 Å². The van der Waals surface area contributed by atoms with Gasteiger partial charge in [0.2, 0.25) is 5.88 Å². The van der Waals surface area contributed by atoms with Crippen LogP contribution in [0.5, 0.6) is 11.6 Å². The molecule has 21 heavy (non-hydrogen) atoms. The molecule has 0 bridgehead atoms. The van der Waals surface area contributed by atoms with E-state index in [1.165, 1.54) is 5.56 Å². The molecule has 4 heteroatoms. The van der Waals surface area contributed by atoms with Gasteiger partial charge in [0.1, 0.15) is 5.75 Å². The predicted octanol–water partition coefficient (Wildman–Crippen LogP) is 4.30. The normalized spacial score (nSPS) is 15.9. The van der Waals surface area contributed by atoms with Crippen LogP contribution in [-0.2, 0) is 0 Å². The zero-order chi connectivity index (χ0) is 14.7. The van der Waals surface area contributed by atoms with Crippen molar-refractivity contribution in [1.29, 1.82) is 0 Å². The van der Waals surface area contributed by atoms with Crippen molar-refractivity contribution < 1.29 is 4.74 Å². The minimum absolute atomic E-state index is 0.499. The summed E-state index contributed by atoms with van der Waals surface area (Å²) in [7, 11) is 0. The number of ether oxygens (including phenoxy) is 1. The Kier molecular flexibility index (Phi) is 4.42. The Morgan fingerprint density at radius 2 is 2.05 bits per heavy atom. The van der Waals surface area contributed by atoms with Crippen LogP contribution in [0.4, 0.5) is 0 Å². The number of nitrogens with zero attached hydrogens (tertiary/aromatic N) is 1. The summed E-state index contributed by atoms with van der Waals surface area (Å²) in [6, 6.07) is 9.89. The molecule has 110 valence electrons. The Morgan fingerprint density at radius 3 is 2.81 bits per heavy atom. The van der Waals surface area contributed by atoms with Crippen molar-refractivity contribution >= 4 is 11.6 Å². The summed E-state index contributed by atoms with van der Waals surface area (Å²) in [5, 5.41) is 4.01. The van der Waals surface area contributed by atoms with Gasteiger partial charge in [-0.05, 0) is 62.5 Å². The second-order valence-electron chi connectivity index (χ2n) is 5.46. The van der Waals surface area contributed by atoms with Crippen molar-refractivity contribution in [3.05, 3.63) is 52.7 Å². The van der Waals surface area contributed by atoms with Crippen molar-refractivity contribution in [1.82, 2.24) is 10.3 Å². The Balaban J connectivity index is 1.88. The molecule has 1 N–H and O–H groups in total. The van der Waals surface area contributed by atoms with E-state index >= 15 is 0 Å². The van der Waals surface area contributed by atoms with Crippen LogP contribution in [-0.4, -0.2) is 18.1 Å². The molecule has 1 saturated heterocycles. The molecule has 2 aromatic rings. The number of pyridine rings is 1. The zero-order valence-electron chi connectivity index (χ0n) is 12.1. The van der Waals surface area contributed by atoms with Crippen molar-refractivity contribution in [3.8, 4) is 11.6 Å². The smallest absolute Gasteiger partial charge is 0.222 e. The SMILES string of the molecule is Cc1ccc(Oc2ncccc2C2CCNCC2)c(Cl)c1. The number of halogens is 1. The van der Waals surface area contributed by atoms with Crippen LogP contribution in [0.15, 0.2) is 36.5 Å². The van der Waals surface area contributed by atoms with Crippen LogP contribution < -0.4 is 10.1 Å². The van der Waals surface area contributed by atoms with E-state index in [-0.39, 0.29) is 0 Å². The minimum Gasteiger partial charge on any atom is -0.437 e. The monoisotopic (exact) mass is 302 g/mol. The highest BCUT2D eigenvalue weighted by molar-refractivity contribution is 6.32. The maximum atomic E-state index is 6.25. The van der Waals surface area contributed by atoms with Gasteiger partial charge in [-0.3, -0.25) is 0 Å². The Labute approximate surface area is 130 Å². The fourth-order valence-electron chi connectivity index (χ4n) is 2.72. The van der Waals surface area contributed by atoms with Gasteiger partial charge in [0.05, 0.1) is 5.02 Å². The summed E-state index contributed by atoms with van der Waals surface area (Å²) in [5.74, 6) is 1.84. The third-order valence-corrected chi connectivity index (χ3v) is 4.17. The van der Waals surface area contributed by atoms with Crippen LogP contribution in [0.1, 0.15) is 29.9 Å². The number of aryl methyl sites for hydroxylation is 1. The number of piperidine rings is 1. The Bertz CT molecular complexity index is 624. The summed E-state index contributed by atoms with van der Waals surface area (Å²) < 4.78 is 5.99. The molecule has 0 aliphatic carbocycles. The first-order valence-electron chi connectivity index (χ1n) is 7.33. The molecule has 3 nitrogen and oxygen atoms in total. The highest BCUT2D eigenvalue weighted by Crippen LogP contribution is 2.35. The fourth-order valence-corrected chi connectivity index (χ4v) is 3.00. The van der Waals surface area contributed by atoms with Crippen LogP contribution >= 0.6 is 11.6 Å². The van der Waals surface area contributed by atoms with Gasteiger partial charge in [0.25, 0.3) is 0 Å². The molecule has 2 heterocycles. The minimum atomic E-state index is 0.499. The molecular weight excluding hydrogens is 284 g/mol. The lowest BCUT2D eigenvalue weighted by Gasteiger charge is -2.24. The molecule has 3 rings (SSSR count). The van der Waals surface area contributed by atoms with Gasteiger partial charge in [0.15, 0.2) is 0 Å². The van der Waals surface area contributed by atoms with E-state index in [4.69, 9.17) is 16.3 Å². The Hall–Kier alpha value is -1.58. The quantitative estimate of drug-likeness (QED) is 0.917. The number of aromatic nitrogens is 1. The molecule has 0 saturated carbocycles. The molecule has 1 aromatic carbocycles. The fraction of sp³-hybridized carbons (Fsp3) is 0.353. The van der Waals surface area contributed by atoms with E-state index in [9.17, 15) is 0 Å². The molecule has 1 aliphatic heterocycles. The van der Waals surface area contributed by atoms with Crippen LogP contribution in [0.3, 0.4) is 0 Å². The first-order chi connectivity index (χ1) is 10.2. The van der Waals surface area contributed by atoms with E-state index in [0.29, 0.717) is 22.6 Å². The molecule has 1 aliphatic rings. The van der Waals surface area contributed by atoms with E-state index in [1.54, 1.807) is 6.20 Å². The maximum Gasteiger partial charge on any atom is 0.222 e. The number of nitrogens with one attached hydrogen (secondary N) is 1. The third-order valence-electron chi connectivity index (χ3n) is 3.87. The largest absolute Gasteiger partial charge is 0.437 e. The summed E-state index contributed by atoms with van der Waals surface area (Å²) in [5.41, 5.74) is 2.29. The highest BCUT2D eigenvalue weighted by Gasteiger charge is 2.20.